The van der Waals surface area contributed by atoms with E-state index in [1.807, 2.05) is 12.1 Å². The van der Waals surface area contributed by atoms with Crippen LogP contribution in [0.1, 0.15) is 15.9 Å². The van der Waals surface area contributed by atoms with Gasteiger partial charge in [-0.25, -0.2) is 0 Å². The van der Waals surface area contributed by atoms with Gasteiger partial charge in [-0.15, -0.1) is 0 Å². The average molecular weight is 404 g/mol. The zero-order valence-corrected chi connectivity index (χ0v) is 16.1. The number of halogens is 2. The third kappa shape index (κ3) is 4.81. The van der Waals surface area contributed by atoms with E-state index < -0.39 is 5.91 Å². The highest BCUT2D eigenvalue weighted by Crippen LogP contribution is 2.22. The summed E-state index contributed by atoms with van der Waals surface area (Å²) in [7, 11) is 0. The Morgan fingerprint density at radius 1 is 0.963 bits per heavy atom. The zero-order chi connectivity index (χ0) is 19.4. The average Bonchev–Trinajstić information content (AvgIpc) is 2.68. The van der Waals surface area contributed by atoms with Crippen LogP contribution in [0.5, 0.6) is 0 Å². The van der Waals surface area contributed by atoms with E-state index in [0.29, 0.717) is 47.4 Å². The Kier molecular flexibility index (Phi) is 6.04. The first-order chi connectivity index (χ1) is 12.9. The summed E-state index contributed by atoms with van der Waals surface area (Å²) in [4.78, 5) is 27.5. The summed E-state index contributed by atoms with van der Waals surface area (Å²) in [6.07, 6.45) is 3.21. The summed E-state index contributed by atoms with van der Waals surface area (Å²) < 4.78 is 0. The molecule has 0 unspecified atom stereocenters. The van der Waals surface area contributed by atoms with Gasteiger partial charge in [0.15, 0.2) is 0 Å². The third-order valence-electron chi connectivity index (χ3n) is 4.47. The number of nitrogens with two attached hydrogens (primary N) is 1. The number of hydrogen-bond donors (Lipinski definition) is 1. The van der Waals surface area contributed by atoms with Gasteiger partial charge in [0.2, 0.25) is 11.8 Å². The molecule has 1 heterocycles. The minimum Gasteiger partial charge on any atom is -0.368 e. The van der Waals surface area contributed by atoms with E-state index in [1.54, 1.807) is 41.3 Å². The molecule has 2 aromatic carbocycles. The molecule has 0 aliphatic carbocycles. The SMILES string of the molecule is NC(=O)c1ccc(N2CCN(C(=O)/C=C/c3cc(Cl)ccc3Cl)CC2)cc1. The van der Waals surface area contributed by atoms with Crippen molar-refractivity contribution in [1.82, 2.24) is 4.90 Å². The predicted octanol–water partition coefficient (Wildman–Crippen LogP) is 3.45. The largest absolute Gasteiger partial charge is 0.368 e. The second-order valence-electron chi connectivity index (χ2n) is 6.22. The number of amides is 2. The molecule has 0 radical (unpaired) electrons. The van der Waals surface area contributed by atoms with Gasteiger partial charge in [0.25, 0.3) is 0 Å². The number of hydrogen-bond acceptors (Lipinski definition) is 3. The van der Waals surface area contributed by atoms with Crippen molar-refractivity contribution in [2.75, 3.05) is 31.1 Å². The van der Waals surface area contributed by atoms with Crippen molar-refractivity contribution >= 4 is 46.8 Å². The van der Waals surface area contributed by atoms with Crippen LogP contribution in [0.3, 0.4) is 0 Å². The normalized spacial score (nSPS) is 14.6. The van der Waals surface area contributed by atoms with Crippen molar-refractivity contribution < 1.29 is 9.59 Å². The molecule has 140 valence electrons. The Morgan fingerprint density at radius 2 is 1.63 bits per heavy atom. The molecule has 0 aromatic heterocycles. The lowest BCUT2D eigenvalue weighted by molar-refractivity contribution is -0.126. The molecule has 1 saturated heterocycles. The Hall–Kier alpha value is -2.50. The summed E-state index contributed by atoms with van der Waals surface area (Å²) in [5.74, 6) is -0.502. The van der Waals surface area contributed by atoms with Gasteiger partial charge in [0.1, 0.15) is 0 Å². The standard InChI is InChI=1S/C20H19Cl2N3O2/c21-16-4-7-18(22)15(13-16)3-8-19(26)25-11-9-24(10-12-25)17-5-1-14(2-6-17)20(23)27/h1-8,13H,9-12H2,(H2,23,27)/b8-3+. The van der Waals surface area contributed by atoms with Gasteiger partial charge < -0.3 is 15.5 Å². The zero-order valence-electron chi connectivity index (χ0n) is 14.6. The number of nitrogens with zero attached hydrogens (tertiary/aromatic N) is 2. The molecule has 0 atom stereocenters. The van der Waals surface area contributed by atoms with Gasteiger partial charge in [0.05, 0.1) is 0 Å². The molecule has 7 heteroatoms. The quantitative estimate of drug-likeness (QED) is 0.794. The summed E-state index contributed by atoms with van der Waals surface area (Å²) in [5.41, 5.74) is 7.47. The fourth-order valence-corrected chi connectivity index (χ4v) is 3.29. The van der Waals surface area contributed by atoms with Crippen LogP contribution in [0.15, 0.2) is 48.5 Å². The lowest BCUT2D eigenvalue weighted by atomic mass is 10.1. The van der Waals surface area contributed by atoms with Crippen LogP contribution in [0.2, 0.25) is 10.0 Å². The highest BCUT2D eigenvalue weighted by atomic mass is 35.5. The summed E-state index contributed by atoms with van der Waals surface area (Å²) in [6, 6.07) is 12.3. The predicted molar refractivity (Wildman–Crippen MR) is 109 cm³/mol. The monoisotopic (exact) mass is 403 g/mol. The van der Waals surface area contributed by atoms with E-state index in [-0.39, 0.29) is 5.91 Å². The Labute approximate surface area is 168 Å². The number of benzene rings is 2. The molecule has 1 aliphatic rings. The van der Waals surface area contributed by atoms with Crippen LogP contribution in [-0.2, 0) is 4.79 Å². The highest BCUT2D eigenvalue weighted by molar-refractivity contribution is 6.34. The van der Waals surface area contributed by atoms with Crippen LogP contribution >= 0.6 is 23.2 Å². The smallest absolute Gasteiger partial charge is 0.248 e. The third-order valence-corrected chi connectivity index (χ3v) is 5.05. The van der Waals surface area contributed by atoms with Gasteiger partial charge in [-0.1, -0.05) is 23.2 Å². The van der Waals surface area contributed by atoms with Crippen LogP contribution in [0.25, 0.3) is 6.08 Å². The molecule has 0 saturated carbocycles. The molecule has 0 bridgehead atoms. The maximum absolute atomic E-state index is 12.4. The van der Waals surface area contributed by atoms with Crippen LogP contribution in [-0.4, -0.2) is 42.9 Å². The highest BCUT2D eigenvalue weighted by Gasteiger charge is 2.20. The summed E-state index contributed by atoms with van der Waals surface area (Å²) in [6.45, 7) is 2.66. The van der Waals surface area contributed by atoms with Crippen molar-refractivity contribution in [1.29, 1.82) is 0 Å². The van der Waals surface area contributed by atoms with Crippen LogP contribution in [0.4, 0.5) is 5.69 Å². The molecule has 3 rings (SSSR count). The molecule has 2 amide bonds. The topological polar surface area (TPSA) is 66.6 Å². The lowest BCUT2D eigenvalue weighted by Crippen LogP contribution is -2.48. The van der Waals surface area contributed by atoms with Gasteiger partial charge in [-0.05, 0) is 54.1 Å². The molecule has 0 spiro atoms. The first kappa shape index (κ1) is 19.3. The number of carbonyl (C=O) groups excluding carboxylic acids is 2. The second kappa shape index (κ2) is 8.46. The van der Waals surface area contributed by atoms with E-state index >= 15 is 0 Å². The minimum atomic E-state index is -0.441. The number of anilines is 1. The van der Waals surface area contributed by atoms with E-state index in [4.69, 9.17) is 28.9 Å². The molecular weight excluding hydrogens is 385 g/mol. The van der Waals surface area contributed by atoms with E-state index in [9.17, 15) is 9.59 Å². The number of piperazine rings is 1. The van der Waals surface area contributed by atoms with Crippen LogP contribution in [0, 0.1) is 0 Å². The Morgan fingerprint density at radius 3 is 2.26 bits per heavy atom. The molecule has 1 fully saturated rings. The van der Waals surface area contributed by atoms with Gasteiger partial charge in [0, 0.05) is 53.6 Å². The first-order valence-corrected chi connectivity index (χ1v) is 9.26. The molecule has 5 nitrogen and oxygen atoms in total. The summed E-state index contributed by atoms with van der Waals surface area (Å²) in [5, 5.41) is 1.12. The fourth-order valence-electron chi connectivity index (χ4n) is 2.93. The Bertz CT molecular complexity index is 873. The molecule has 1 aliphatic heterocycles. The fraction of sp³-hybridized carbons (Fsp3) is 0.200. The maximum atomic E-state index is 12.4. The molecule has 2 N–H and O–H groups in total. The molecule has 2 aromatic rings. The van der Waals surface area contributed by atoms with Crippen molar-refractivity contribution in [3.05, 3.63) is 69.7 Å². The van der Waals surface area contributed by atoms with Gasteiger partial charge >= 0.3 is 0 Å². The van der Waals surface area contributed by atoms with Crippen LogP contribution < -0.4 is 10.6 Å². The Balaban J connectivity index is 1.58. The molecular formula is C20H19Cl2N3O2. The maximum Gasteiger partial charge on any atom is 0.248 e. The van der Waals surface area contributed by atoms with Crippen molar-refractivity contribution in [3.63, 3.8) is 0 Å². The van der Waals surface area contributed by atoms with Crippen molar-refractivity contribution in [2.24, 2.45) is 5.73 Å². The van der Waals surface area contributed by atoms with E-state index in [0.717, 1.165) is 5.69 Å². The second-order valence-corrected chi connectivity index (χ2v) is 7.07. The summed E-state index contributed by atoms with van der Waals surface area (Å²) >= 11 is 12.1. The molecule has 27 heavy (non-hydrogen) atoms. The van der Waals surface area contributed by atoms with Gasteiger partial charge in [-0.2, -0.15) is 0 Å². The first-order valence-electron chi connectivity index (χ1n) is 8.51. The number of carbonyl (C=O) groups is 2. The van der Waals surface area contributed by atoms with Crippen molar-refractivity contribution in [2.45, 2.75) is 0 Å². The van der Waals surface area contributed by atoms with E-state index in [2.05, 4.69) is 4.90 Å². The minimum absolute atomic E-state index is 0.0604. The van der Waals surface area contributed by atoms with Crippen molar-refractivity contribution in [3.8, 4) is 0 Å². The lowest BCUT2D eigenvalue weighted by Gasteiger charge is -2.35. The number of primary amides is 1. The van der Waals surface area contributed by atoms with E-state index in [1.165, 1.54) is 6.08 Å². The van der Waals surface area contributed by atoms with Gasteiger partial charge in [-0.3, -0.25) is 9.59 Å². The number of rotatable bonds is 4.